The van der Waals surface area contributed by atoms with Gasteiger partial charge in [-0.15, -0.1) is 0 Å². The van der Waals surface area contributed by atoms with E-state index in [2.05, 4.69) is 29.5 Å². The van der Waals surface area contributed by atoms with E-state index in [1.807, 2.05) is 0 Å². The number of hydrogen-bond donors (Lipinski definition) is 3. The average Bonchev–Trinajstić information content (AvgIpc) is 2.30. The van der Waals surface area contributed by atoms with Gasteiger partial charge in [-0.05, 0) is 52.2 Å². The number of carboxylic acid groups (broad SMARTS) is 1. The number of aliphatic carboxylic acids is 1. The minimum absolute atomic E-state index is 0.0945. The molecule has 0 aromatic heterocycles. The summed E-state index contributed by atoms with van der Waals surface area (Å²) >= 11 is 0. The molecule has 1 heterocycles. The standard InChI is InChI=1S/C13H25N3O3/c1-12(2,10(17)18)15-11(19)14-9-13(3)5-7-16(4)8-6-13/h5-9H2,1-4H3,(H,17,18)(H2,14,15,19). The van der Waals surface area contributed by atoms with Crippen LogP contribution >= 0.6 is 0 Å². The zero-order chi connectivity index (χ0) is 14.7. The summed E-state index contributed by atoms with van der Waals surface area (Å²) in [6, 6.07) is -0.424. The first-order valence-electron chi connectivity index (χ1n) is 6.63. The summed E-state index contributed by atoms with van der Waals surface area (Å²) in [6.07, 6.45) is 2.07. The third kappa shape index (κ3) is 4.70. The molecule has 110 valence electrons. The van der Waals surface area contributed by atoms with Gasteiger partial charge in [-0.2, -0.15) is 0 Å². The molecule has 1 rings (SSSR count). The van der Waals surface area contributed by atoms with Crippen molar-refractivity contribution in [3.63, 3.8) is 0 Å². The minimum Gasteiger partial charge on any atom is -0.480 e. The predicted octanol–water partition coefficient (Wildman–Crippen LogP) is 0.881. The Labute approximate surface area is 114 Å². The zero-order valence-electron chi connectivity index (χ0n) is 12.2. The second kappa shape index (κ2) is 5.77. The Bertz CT molecular complexity index is 347. The summed E-state index contributed by atoms with van der Waals surface area (Å²) < 4.78 is 0. The number of urea groups is 1. The van der Waals surface area contributed by atoms with Crippen LogP contribution in [0.15, 0.2) is 0 Å². The Morgan fingerprint density at radius 3 is 2.32 bits per heavy atom. The Morgan fingerprint density at radius 2 is 1.84 bits per heavy atom. The fourth-order valence-corrected chi connectivity index (χ4v) is 2.01. The Hall–Kier alpha value is -1.30. The van der Waals surface area contributed by atoms with Gasteiger partial charge in [-0.25, -0.2) is 9.59 Å². The fraction of sp³-hybridized carbons (Fsp3) is 0.846. The molecule has 2 amide bonds. The van der Waals surface area contributed by atoms with Crippen LogP contribution in [0, 0.1) is 5.41 Å². The van der Waals surface area contributed by atoms with Gasteiger partial charge in [0, 0.05) is 6.54 Å². The van der Waals surface area contributed by atoms with Crippen LogP contribution in [-0.2, 0) is 4.79 Å². The van der Waals surface area contributed by atoms with E-state index in [0.717, 1.165) is 25.9 Å². The van der Waals surface area contributed by atoms with Crippen molar-refractivity contribution in [2.24, 2.45) is 5.41 Å². The first-order chi connectivity index (χ1) is 8.65. The van der Waals surface area contributed by atoms with E-state index < -0.39 is 17.5 Å². The highest BCUT2D eigenvalue weighted by Gasteiger charge is 2.32. The minimum atomic E-state index is -1.25. The number of carbonyl (C=O) groups excluding carboxylic acids is 1. The summed E-state index contributed by atoms with van der Waals surface area (Å²) in [7, 11) is 2.09. The number of rotatable bonds is 4. The van der Waals surface area contributed by atoms with Gasteiger partial charge in [0.25, 0.3) is 0 Å². The molecule has 0 aromatic carbocycles. The van der Waals surface area contributed by atoms with Gasteiger partial charge in [-0.3, -0.25) is 0 Å². The normalized spacial score (nSPS) is 19.8. The highest BCUT2D eigenvalue weighted by Crippen LogP contribution is 2.29. The van der Waals surface area contributed by atoms with Gasteiger partial charge in [-0.1, -0.05) is 6.92 Å². The van der Waals surface area contributed by atoms with E-state index in [9.17, 15) is 9.59 Å². The number of nitrogens with zero attached hydrogens (tertiary/aromatic N) is 1. The quantitative estimate of drug-likeness (QED) is 0.709. The van der Waals surface area contributed by atoms with Crippen LogP contribution in [0.25, 0.3) is 0 Å². The third-order valence-corrected chi connectivity index (χ3v) is 3.83. The van der Waals surface area contributed by atoms with Crippen LogP contribution in [0.1, 0.15) is 33.6 Å². The monoisotopic (exact) mass is 271 g/mol. The second-order valence-electron chi connectivity index (χ2n) is 6.35. The Balaban J connectivity index is 2.40. The molecule has 0 spiro atoms. The lowest BCUT2D eigenvalue weighted by Gasteiger charge is -2.38. The number of piperidine rings is 1. The lowest BCUT2D eigenvalue weighted by Crippen LogP contribution is -2.54. The third-order valence-electron chi connectivity index (χ3n) is 3.83. The molecule has 19 heavy (non-hydrogen) atoms. The number of carboxylic acids is 1. The number of likely N-dealkylation sites (tertiary alicyclic amines) is 1. The van der Waals surface area contributed by atoms with Crippen LogP contribution in [0.4, 0.5) is 4.79 Å². The molecule has 0 aliphatic carbocycles. The van der Waals surface area contributed by atoms with Crippen molar-refractivity contribution in [3.05, 3.63) is 0 Å². The highest BCUT2D eigenvalue weighted by molar-refractivity contribution is 5.85. The van der Waals surface area contributed by atoms with Crippen molar-refractivity contribution in [2.45, 2.75) is 39.2 Å². The maximum Gasteiger partial charge on any atom is 0.328 e. The van der Waals surface area contributed by atoms with E-state index in [1.165, 1.54) is 13.8 Å². The lowest BCUT2D eigenvalue weighted by atomic mass is 9.80. The van der Waals surface area contributed by atoms with Crippen LogP contribution in [0.2, 0.25) is 0 Å². The Kier molecular flexibility index (Phi) is 4.79. The average molecular weight is 271 g/mol. The molecule has 0 bridgehead atoms. The first kappa shape index (κ1) is 15.8. The topological polar surface area (TPSA) is 81.7 Å². The maximum absolute atomic E-state index is 11.7. The molecule has 0 atom stereocenters. The van der Waals surface area contributed by atoms with Crippen molar-refractivity contribution >= 4 is 12.0 Å². The van der Waals surface area contributed by atoms with E-state index in [1.54, 1.807) is 0 Å². The molecule has 6 nitrogen and oxygen atoms in total. The predicted molar refractivity (Wildman–Crippen MR) is 73.1 cm³/mol. The molecule has 0 unspecified atom stereocenters. The fourth-order valence-electron chi connectivity index (χ4n) is 2.01. The van der Waals surface area contributed by atoms with E-state index >= 15 is 0 Å². The number of carbonyl (C=O) groups is 2. The number of amides is 2. The zero-order valence-corrected chi connectivity index (χ0v) is 12.2. The van der Waals surface area contributed by atoms with Crippen molar-refractivity contribution < 1.29 is 14.7 Å². The van der Waals surface area contributed by atoms with Gasteiger partial charge in [0.2, 0.25) is 0 Å². The number of hydrogen-bond acceptors (Lipinski definition) is 3. The van der Waals surface area contributed by atoms with Crippen molar-refractivity contribution in [1.29, 1.82) is 0 Å². The summed E-state index contributed by atoms with van der Waals surface area (Å²) in [5.74, 6) is -1.05. The SMILES string of the molecule is CN1CCC(C)(CNC(=O)NC(C)(C)C(=O)O)CC1. The molecule has 0 aromatic rings. The molecule has 1 aliphatic rings. The number of nitrogens with one attached hydrogen (secondary N) is 2. The summed E-state index contributed by atoms with van der Waals surface area (Å²) in [5, 5.41) is 14.2. The lowest BCUT2D eigenvalue weighted by molar-refractivity contribution is -0.142. The first-order valence-corrected chi connectivity index (χ1v) is 6.63. The highest BCUT2D eigenvalue weighted by atomic mass is 16.4. The van der Waals surface area contributed by atoms with Gasteiger partial charge in [0.15, 0.2) is 0 Å². The molecular weight excluding hydrogens is 246 g/mol. The molecule has 3 N–H and O–H groups in total. The largest absolute Gasteiger partial charge is 0.480 e. The summed E-state index contributed by atoms with van der Waals surface area (Å²) in [6.45, 7) is 7.71. The molecular formula is C13H25N3O3. The van der Waals surface area contributed by atoms with Crippen LogP contribution in [0.3, 0.4) is 0 Å². The molecule has 1 aliphatic heterocycles. The van der Waals surface area contributed by atoms with E-state index in [4.69, 9.17) is 5.11 Å². The van der Waals surface area contributed by atoms with Crippen molar-refractivity contribution in [2.75, 3.05) is 26.7 Å². The molecule has 1 fully saturated rings. The Morgan fingerprint density at radius 1 is 1.32 bits per heavy atom. The second-order valence-corrected chi connectivity index (χ2v) is 6.35. The summed E-state index contributed by atoms with van der Waals surface area (Å²) in [5.41, 5.74) is -1.16. The smallest absolute Gasteiger partial charge is 0.328 e. The van der Waals surface area contributed by atoms with Crippen LogP contribution in [0.5, 0.6) is 0 Å². The van der Waals surface area contributed by atoms with E-state index in [0.29, 0.717) is 6.54 Å². The molecule has 1 saturated heterocycles. The summed E-state index contributed by atoms with van der Waals surface area (Å²) in [4.78, 5) is 24.9. The molecule has 0 saturated carbocycles. The van der Waals surface area contributed by atoms with Gasteiger partial charge in [0.05, 0.1) is 0 Å². The van der Waals surface area contributed by atoms with Crippen molar-refractivity contribution in [3.8, 4) is 0 Å². The van der Waals surface area contributed by atoms with Gasteiger partial charge >= 0.3 is 12.0 Å². The van der Waals surface area contributed by atoms with Crippen molar-refractivity contribution in [1.82, 2.24) is 15.5 Å². The van der Waals surface area contributed by atoms with Gasteiger partial charge < -0.3 is 20.6 Å². The molecule has 0 radical (unpaired) electrons. The molecule has 6 heteroatoms. The van der Waals surface area contributed by atoms with Gasteiger partial charge in [0.1, 0.15) is 5.54 Å². The van der Waals surface area contributed by atoms with Crippen LogP contribution < -0.4 is 10.6 Å². The van der Waals surface area contributed by atoms with E-state index in [-0.39, 0.29) is 5.41 Å². The van der Waals surface area contributed by atoms with Crippen LogP contribution in [-0.4, -0.2) is 54.2 Å². The maximum atomic E-state index is 11.7.